The number of methoxy groups -OCH3 is 1. The van der Waals surface area contributed by atoms with Gasteiger partial charge in [-0.05, 0) is 24.3 Å². The zero-order chi connectivity index (χ0) is 18.8. The molecule has 0 spiro atoms. The number of esters is 1. The highest BCUT2D eigenvalue weighted by Crippen LogP contribution is 2.22. The molecule has 2 heterocycles. The van der Waals surface area contributed by atoms with Gasteiger partial charge in [0.05, 0.1) is 12.7 Å². The van der Waals surface area contributed by atoms with Crippen LogP contribution in [0, 0.1) is 0 Å². The summed E-state index contributed by atoms with van der Waals surface area (Å²) in [5.74, 6) is -0.313. The standard InChI is InChI=1S/C23H21N2O2/c1-24-13-12-18-14-21(17-8-4-3-5-9-17)25(16-22(18)24)15-19-10-6-7-11-20(19)23(26)27-2/h3-14,16H,15H2,1-2H3/q+1. The number of fused-ring (bicyclic) bond motifs is 1. The molecule has 0 aliphatic heterocycles. The van der Waals surface area contributed by atoms with E-state index in [1.165, 1.54) is 12.5 Å². The second-order valence-electron chi connectivity index (χ2n) is 6.57. The summed E-state index contributed by atoms with van der Waals surface area (Å²) >= 11 is 0. The molecule has 0 amide bonds. The molecule has 0 aliphatic rings. The van der Waals surface area contributed by atoms with E-state index in [2.05, 4.69) is 45.8 Å². The highest BCUT2D eigenvalue weighted by molar-refractivity contribution is 5.91. The van der Waals surface area contributed by atoms with Crippen LogP contribution in [0.2, 0.25) is 0 Å². The summed E-state index contributed by atoms with van der Waals surface area (Å²) in [6.45, 7) is 0.580. The number of carbonyl (C=O) groups excluding carboxylic acids is 1. The van der Waals surface area contributed by atoms with Crippen molar-refractivity contribution in [3.63, 3.8) is 0 Å². The van der Waals surface area contributed by atoms with Crippen molar-refractivity contribution in [1.29, 1.82) is 0 Å². The molecule has 2 aromatic carbocycles. The summed E-state index contributed by atoms with van der Waals surface area (Å²) in [6.07, 6.45) is 4.21. The van der Waals surface area contributed by atoms with Gasteiger partial charge in [0, 0.05) is 35.8 Å². The van der Waals surface area contributed by atoms with Gasteiger partial charge in [-0.1, -0.05) is 36.4 Å². The van der Waals surface area contributed by atoms with Crippen molar-refractivity contribution < 1.29 is 14.1 Å². The molecule has 0 aliphatic carbocycles. The Bertz CT molecular complexity index is 1110. The molecular weight excluding hydrogens is 336 g/mol. The van der Waals surface area contributed by atoms with Crippen molar-refractivity contribution in [3.05, 3.63) is 90.3 Å². The van der Waals surface area contributed by atoms with Gasteiger partial charge in [0.25, 0.3) is 0 Å². The van der Waals surface area contributed by atoms with Crippen molar-refractivity contribution in [3.8, 4) is 11.3 Å². The maximum Gasteiger partial charge on any atom is 0.338 e. The van der Waals surface area contributed by atoms with Gasteiger partial charge >= 0.3 is 5.97 Å². The Morgan fingerprint density at radius 1 is 1.04 bits per heavy atom. The Balaban J connectivity index is 1.88. The van der Waals surface area contributed by atoms with E-state index in [1.807, 2.05) is 49.5 Å². The van der Waals surface area contributed by atoms with E-state index in [4.69, 9.17) is 4.74 Å². The topological polar surface area (TPSA) is 35.1 Å². The molecule has 27 heavy (non-hydrogen) atoms. The number of aryl methyl sites for hydroxylation is 1. The lowest BCUT2D eigenvalue weighted by atomic mass is 10.1. The molecule has 4 heteroatoms. The van der Waals surface area contributed by atoms with Crippen LogP contribution in [0.3, 0.4) is 0 Å². The highest BCUT2D eigenvalue weighted by Gasteiger charge is 2.20. The van der Waals surface area contributed by atoms with Gasteiger partial charge in [-0.3, -0.25) is 0 Å². The van der Waals surface area contributed by atoms with Gasteiger partial charge in [0.1, 0.15) is 5.52 Å². The number of nitrogens with zero attached hydrogens (tertiary/aromatic N) is 2. The van der Waals surface area contributed by atoms with E-state index in [1.54, 1.807) is 0 Å². The normalized spacial score (nSPS) is 10.9. The molecule has 0 bridgehead atoms. The van der Waals surface area contributed by atoms with Crippen LogP contribution in [-0.4, -0.2) is 17.6 Å². The SMILES string of the molecule is COC(=O)c1ccccc1C[n+]1cc2c(ccn2C)cc1-c1ccccc1. The summed E-state index contributed by atoms with van der Waals surface area (Å²) in [4.78, 5) is 12.2. The van der Waals surface area contributed by atoms with Crippen molar-refractivity contribution in [2.24, 2.45) is 7.05 Å². The molecule has 0 atom stereocenters. The Labute approximate surface area is 158 Å². The van der Waals surface area contributed by atoms with E-state index in [0.717, 1.165) is 22.3 Å². The highest BCUT2D eigenvalue weighted by atomic mass is 16.5. The van der Waals surface area contributed by atoms with Crippen LogP contribution >= 0.6 is 0 Å². The fraction of sp³-hybridized carbons (Fsp3) is 0.130. The molecule has 0 unspecified atom stereocenters. The van der Waals surface area contributed by atoms with Gasteiger partial charge < -0.3 is 9.30 Å². The van der Waals surface area contributed by atoms with Crippen molar-refractivity contribution in [2.75, 3.05) is 7.11 Å². The van der Waals surface area contributed by atoms with E-state index >= 15 is 0 Å². The number of rotatable bonds is 4. The minimum atomic E-state index is -0.313. The summed E-state index contributed by atoms with van der Waals surface area (Å²) in [6, 6.07) is 22.2. The summed E-state index contributed by atoms with van der Waals surface area (Å²) < 4.78 is 9.25. The van der Waals surface area contributed by atoms with Crippen molar-refractivity contribution in [1.82, 2.24) is 4.57 Å². The first-order valence-corrected chi connectivity index (χ1v) is 8.87. The predicted molar refractivity (Wildman–Crippen MR) is 105 cm³/mol. The Hall–Kier alpha value is -3.40. The maximum absolute atomic E-state index is 12.2. The second kappa shape index (κ2) is 7.08. The first-order valence-electron chi connectivity index (χ1n) is 8.87. The van der Waals surface area contributed by atoms with Gasteiger partial charge in [-0.25, -0.2) is 4.79 Å². The number of aromatic nitrogens is 2. The van der Waals surface area contributed by atoms with Crippen LogP contribution in [0.1, 0.15) is 15.9 Å². The first kappa shape index (κ1) is 17.0. The number of ether oxygens (including phenoxy) is 1. The molecule has 2 aromatic heterocycles. The smallest absolute Gasteiger partial charge is 0.338 e. The lowest BCUT2D eigenvalue weighted by Gasteiger charge is -2.09. The van der Waals surface area contributed by atoms with E-state index in [-0.39, 0.29) is 5.97 Å². The summed E-state index contributed by atoms with van der Waals surface area (Å²) in [5.41, 5.74) is 4.91. The molecule has 0 saturated heterocycles. The van der Waals surface area contributed by atoms with E-state index in [0.29, 0.717) is 12.1 Å². The van der Waals surface area contributed by atoms with E-state index < -0.39 is 0 Å². The average Bonchev–Trinajstić information content (AvgIpc) is 3.08. The van der Waals surface area contributed by atoms with Crippen LogP contribution < -0.4 is 4.57 Å². The predicted octanol–water partition coefficient (Wildman–Crippen LogP) is 3.97. The third-order valence-corrected chi connectivity index (χ3v) is 4.87. The van der Waals surface area contributed by atoms with Crippen LogP contribution in [0.5, 0.6) is 0 Å². The van der Waals surface area contributed by atoms with Crippen LogP contribution in [0.15, 0.2) is 79.1 Å². The van der Waals surface area contributed by atoms with Gasteiger partial charge in [-0.15, -0.1) is 0 Å². The van der Waals surface area contributed by atoms with Crippen molar-refractivity contribution in [2.45, 2.75) is 6.54 Å². The van der Waals surface area contributed by atoms with Crippen LogP contribution in [0.4, 0.5) is 0 Å². The lowest BCUT2D eigenvalue weighted by Crippen LogP contribution is -2.37. The molecule has 0 N–H and O–H groups in total. The lowest BCUT2D eigenvalue weighted by molar-refractivity contribution is -0.676. The quantitative estimate of drug-likeness (QED) is 0.409. The molecular formula is C23H21N2O2+. The number of hydrogen-bond acceptors (Lipinski definition) is 2. The summed E-state index contributed by atoms with van der Waals surface area (Å²) in [5, 5.41) is 1.19. The van der Waals surface area contributed by atoms with Gasteiger partial charge in [0.2, 0.25) is 5.69 Å². The zero-order valence-corrected chi connectivity index (χ0v) is 15.4. The van der Waals surface area contributed by atoms with E-state index in [9.17, 15) is 4.79 Å². The fourth-order valence-corrected chi connectivity index (χ4v) is 3.44. The molecule has 4 nitrogen and oxygen atoms in total. The molecule has 4 rings (SSSR count). The van der Waals surface area contributed by atoms with Crippen molar-refractivity contribution >= 4 is 16.9 Å². The van der Waals surface area contributed by atoms with Gasteiger partial charge in [0.15, 0.2) is 12.7 Å². The average molecular weight is 357 g/mol. The zero-order valence-electron chi connectivity index (χ0n) is 15.4. The van der Waals surface area contributed by atoms with Crippen LogP contribution in [-0.2, 0) is 18.3 Å². The minimum absolute atomic E-state index is 0.313. The molecule has 4 aromatic rings. The molecule has 134 valence electrons. The Morgan fingerprint density at radius 3 is 2.56 bits per heavy atom. The third kappa shape index (κ3) is 3.22. The van der Waals surface area contributed by atoms with Gasteiger partial charge in [-0.2, -0.15) is 4.57 Å². The summed E-state index contributed by atoms with van der Waals surface area (Å²) in [7, 11) is 3.45. The molecule has 0 radical (unpaired) electrons. The Kier molecular flexibility index (Phi) is 4.47. The Morgan fingerprint density at radius 2 is 1.78 bits per heavy atom. The first-order chi connectivity index (χ1) is 13.2. The molecule has 0 fully saturated rings. The largest absolute Gasteiger partial charge is 0.465 e. The molecule has 0 saturated carbocycles. The second-order valence-corrected chi connectivity index (χ2v) is 6.57. The number of carbonyl (C=O) groups is 1. The fourth-order valence-electron chi connectivity index (χ4n) is 3.44. The maximum atomic E-state index is 12.2. The third-order valence-electron chi connectivity index (χ3n) is 4.87. The monoisotopic (exact) mass is 357 g/mol. The number of hydrogen-bond donors (Lipinski definition) is 0. The number of benzene rings is 2. The number of pyridine rings is 1. The minimum Gasteiger partial charge on any atom is -0.465 e. The van der Waals surface area contributed by atoms with Crippen LogP contribution in [0.25, 0.3) is 22.2 Å².